The molecular weight excluding hydrogens is 179 g/mol. The Balaban J connectivity index is 3.14. The smallest absolute Gasteiger partial charge is 0.284 e. The van der Waals surface area contributed by atoms with Gasteiger partial charge in [-0.1, -0.05) is 33.5 Å². The molecule has 1 atom stereocenters. The summed E-state index contributed by atoms with van der Waals surface area (Å²) in [5, 5.41) is 0. The van der Waals surface area contributed by atoms with Gasteiger partial charge in [-0.2, -0.15) is 8.78 Å². The third kappa shape index (κ3) is 1.99. The standard InChI is InChI=1S/C8H10F2NP/c9-8(10,12)7-4-2-1-3-6(7)5-11/h1-4H,5,11-12H2. The normalized spacial score (nSPS) is 11.7. The molecule has 1 nitrogen and oxygen atoms in total. The van der Waals surface area contributed by atoms with Gasteiger partial charge in [-0.25, -0.2) is 0 Å². The maximum atomic E-state index is 12.8. The van der Waals surface area contributed by atoms with Crippen LogP contribution in [0, 0.1) is 0 Å². The molecule has 1 unspecified atom stereocenters. The van der Waals surface area contributed by atoms with Gasteiger partial charge in [0.05, 0.1) is 0 Å². The zero-order chi connectivity index (χ0) is 9.19. The predicted molar refractivity (Wildman–Crippen MR) is 47.9 cm³/mol. The zero-order valence-corrected chi connectivity index (χ0v) is 7.58. The fraction of sp³-hybridized carbons (Fsp3) is 0.250. The quantitative estimate of drug-likeness (QED) is 0.708. The van der Waals surface area contributed by atoms with Gasteiger partial charge in [0.1, 0.15) is 0 Å². The number of hydrogen-bond donors (Lipinski definition) is 1. The Morgan fingerprint density at radius 3 is 2.33 bits per heavy atom. The van der Waals surface area contributed by atoms with Crippen LogP contribution >= 0.6 is 9.24 Å². The molecule has 0 aliphatic rings. The molecule has 1 rings (SSSR count). The lowest BCUT2D eigenvalue weighted by molar-refractivity contribution is 0.103. The molecule has 66 valence electrons. The first-order valence-corrected chi connectivity index (χ1v) is 4.08. The van der Waals surface area contributed by atoms with Crippen LogP contribution in [0.5, 0.6) is 0 Å². The predicted octanol–water partition coefficient (Wildman–Crippen LogP) is 2.07. The van der Waals surface area contributed by atoms with Gasteiger partial charge in [-0.3, -0.25) is 0 Å². The molecule has 12 heavy (non-hydrogen) atoms. The molecule has 0 saturated carbocycles. The Morgan fingerprint density at radius 2 is 1.92 bits per heavy atom. The van der Waals surface area contributed by atoms with E-state index in [0.717, 1.165) is 0 Å². The van der Waals surface area contributed by atoms with Crippen molar-refractivity contribution < 1.29 is 8.78 Å². The third-order valence-electron chi connectivity index (χ3n) is 1.60. The van der Waals surface area contributed by atoms with Gasteiger partial charge in [0.2, 0.25) is 0 Å². The summed E-state index contributed by atoms with van der Waals surface area (Å²) >= 11 is 0. The number of halogens is 2. The lowest BCUT2D eigenvalue weighted by Crippen LogP contribution is -2.09. The molecule has 2 N–H and O–H groups in total. The van der Waals surface area contributed by atoms with E-state index >= 15 is 0 Å². The Labute approximate surface area is 72.2 Å². The molecule has 0 fully saturated rings. The summed E-state index contributed by atoms with van der Waals surface area (Å²) in [6.07, 6.45) is 0. The minimum absolute atomic E-state index is 0.0162. The van der Waals surface area contributed by atoms with Crippen LogP contribution in [0.1, 0.15) is 11.1 Å². The summed E-state index contributed by atoms with van der Waals surface area (Å²) in [4.78, 5) is 0. The topological polar surface area (TPSA) is 26.0 Å². The number of rotatable bonds is 2. The molecule has 0 saturated heterocycles. The van der Waals surface area contributed by atoms with E-state index in [4.69, 9.17) is 5.73 Å². The fourth-order valence-corrected chi connectivity index (χ4v) is 1.31. The van der Waals surface area contributed by atoms with Gasteiger partial charge in [-0.05, 0) is 5.56 Å². The second-order valence-corrected chi connectivity index (χ2v) is 3.21. The molecule has 0 amide bonds. The van der Waals surface area contributed by atoms with Crippen molar-refractivity contribution in [1.82, 2.24) is 0 Å². The van der Waals surface area contributed by atoms with E-state index in [2.05, 4.69) is 0 Å². The number of alkyl halides is 2. The van der Waals surface area contributed by atoms with Gasteiger partial charge in [0.25, 0.3) is 5.66 Å². The summed E-state index contributed by atoms with van der Waals surface area (Å²) in [5.41, 5.74) is 2.89. The van der Waals surface area contributed by atoms with Gasteiger partial charge in [-0.15, -0.1) is 0 Å². The van der Waals surface area contributed by atoms with Crippen LogP contribution in [0.25, 0.3) is 0 Å². The summed E-state index contributed by atoms with van der Waals surface area (Å²) in [6, 6.07) is 6.26. The minimum atomic E-state index is -2.88. The molecule has 0 aromatic heterocycles. The van der Waals surface area contributed by atoms with Crippen LogP contribution in [0.15, 0.2) is 24.3 Å². The summed E-state index contributed by atoms with van der Waals surface area (Å²) < 4.78 is 25.6. The fourth-order valence-electron chi connectivity index (χ4n) is 1.02. The van der Waals surface area contributed by atoms with Crippen LogP contribution in [0.2, 0.25) is 0 Å². The summed E-state index contributed by atoms with van der Waals surface area (Å²) in [5.74, 6) is 0. The minimum Gasteiger partial charge on any atom is -0.326 e. The average molecular weight is 189 g/mol. The first-order chi connectivity index (χ1) is 5.55. The van der Waals surface area contributed by atoms with Crippen molar-refractivity contribution in [1.29, 1.82) is 0 Å². The van der Waals surface area contributed by atoms with Crippen LogP contribution in [0.3, 0.4) is 0 Å². The average Bonchev–Trinajstić information content (AvgIpc) is 2.03. The van der Waals surface area contributed by atoms with Crippen LogP contribution in [0.4, 0.5) is 8.78 Å². The molecule has 1 aromatic rings. The van der Waals surface area contributed by atoms with E-state index in [1.165, 1.54) is 15.3 Å². The highest BCUT2D eigenvalue weighted by atomic mass is 31.0. The third-order valence-corrected chi connectivity index (χ3v) is 1.91. The Kier molecular flexibility index (Phi) is 2.76. The highest BCUT2D eigenvalue weighted by Gasteiger charge is 2.26. The summed E-state index contributed by atoms with van der Waals surface area (Å²) in [6.45, 7) is 0.139. The van der Waals surface area contributed by atoms with Gasteiger partial charge < -0.3 is 5.73 Å². The maximum Gasteiger partial charge on any atom is 0.284 e. The highest BCUT2D eigenvalue weighted by molar-refractivity contribution is 7.17. The Bertz CT molecular complexity index is 270. The maximum absolute atomic E-state index is 12.8. The molecule has 1 aromatic carbocycles. The number of nitrogens with two attached hydrogens (primary N) is 1. The van der Waals surface area contributed by atoms with Gasteiger partial charge in [0.15, 0.2) is 0 Å². The molecule has 0 heterocycles. The lowest BCUT2D eigenvalue weighted by atomic mass is 10.1. The van der Waals surface area contributed by atoms with E-state index in [0.29, 0.717) is 5.56 Å². The van der Waals surface area contributed by atoms with Crippen molar-refractivity contribution in [3.8, 4) is 0 Å². The van der Waals surface area contributed by atoms with Crippen molar-refractivity contribution >= 4 is 9.24 Å². The van der Waals surface area contributed by atoms with Gasteiger partial charge in [0, 0.05) is 12.1 Å². The van der Waals surface area contributed by atoms with E-state index in [-0.39, 0.29) is 12.1 Å². The monoisotopic (exact) mass is 189 g/mol. The number of benzene rings is 1. The lowest BCUT2D eigenvalue weighted by Gasteiger charge is -2.13. The van der Waals surface area contributed by atoms with Crippen LogP contribution in [-0.2, 0) is 12.2 Å². The van der Waals surface area contributed by atoms with E-state index in [1.807, 2.05) is 0 Å². The molecule has 0 bridgehead atoms. The van der Waals surface area contributed by atoms with Crippen LogP contribution in [-0.4, -0.2) is 0 Å². The Morgan fingerprint density at radius 1 is 1.33 bits per heavy atom. The van der Waals surface area contributed by atoms with Crippen molar-refractivity contribution in [2.45, 2.75) is 12.2 Å². The first-order valence-electron chi connectivity index (χ1n) is 3.51. The summed E-state index contributed by atoms with van der Waals surface area (Å²) in [7, 11) is 1.50. The second kappa shape index (κ2) is 3.46. The Hall–Kier alpha value is -0.530. The van der Waals surface area contributed by atoms with E-state index in [1.54, 1.807) is 18.2 Å². The van der Waals surface area contributed by atoms with E-state index < -0.39 is 5.66 Å². The molecule has 4 heteroatoms. The zero-order valence-electron chi connectivity index (χ0n) is 6.43. The van der Waals surface area contributed by atoms with Crippen molar-refractivity contribution in [3.05, 3.63) is 35.4 Å². The molecule has 0 aliphatic heterocycles. The molecule has 0 spiro atoms. The molecule has 0 aliphatic carbocycles. The van der Waals surface area contributed by atoms with Crippen LogP contribution < -0.4 is 5.73 Å². The largest absolute Gasteiger partial charge is 0.326 e. The van der Waals surface area contributed by atoms with Gasteiger partial charge >= 0.3 is 0 Å². The van der Waals surface area contributed by atoms with Crippen molar-refractivity contribution in [2.24, 2.45) is 5.73 Å². The van der Waals surface area contributed by atoms with Crippen molar-refractivity contribution in [2.75, 3.05) is 0 Å². The first kappa shape index (κ1) is 9.56. The highest BCUT2D eigenvalue weighted by Crippen LogP contribution is 2.36. The van der Waals surface area contributed by atoms with Crippen molar-refractivity contribution in [3.63, 3.8) is 0 Å². The molecule has 0 radical (unpaired) electrons. The SMILES string of the molecule is NCc1ccccc1C(F)(F)P. The van der Waals surface area contributed by atoms with E-state index in [9.17, 15) is 8.78 Å². The number of hydrogen-bond acceptors (Lipinski definition) is 1. The molecular formula is C8H10F2NP. The second-order valence-electron chi connectivity index (χ2n) is 2.48.